The zero-order valence-electron chi connectivity index (χ0n) is 22.1. The van der Waals surface area contributed by atoms with Crippen LogP contribution < -0.4 is 10.6 Å². The molecule has 0 spiro atoms. The molecule has 2 rings (SSSR count). The van der Waals surface area contributed by atoms with Gasteiger partial charge < -0.3 is 20.3 Å². The van der Waals surface area contributed by atoms with Gasteiger partial charge in [0.05, 0.1) is 19.8 Å². The number of hydrogen-bond donors (Lipinski definition) is 2. The molecule has 0 unspecified atom stereocenters. The van der Waals surface area contributed by atoms with Crippen molar-refractivity contribution in [2.45, 2.75) is 96.8 Å². The van der Waals surface area contributed by atoms with Gasteiger partial charge in [-0.2, -0.15) is 0 Å². The third-order valence-electron chi connectivity index (χ3n) is 6.68. The van der Waals surface area contributed by atoms with Gasteiger partial charge >= 0.3 is 0 Å². The number of carbonyl (C=O) groups is 2. The van der Waals surface area contributed by atoms with E-state index in [0.717, 1.165) is 13.0 Å². The van der Waals surface area contributed by atoms with Crippen molar-refractivity contribution >= 4 is 17.5 Å². The van der Waals surface area contributed by atoms with Gasteiger partial charge in [0.1, 0.15) is 0 Å². The Bertz CT molecular complexity index is 704. The van der Waals surface area contributed by atoms with Crippen LogP contribution >= 0.6 is 0 Å². The molecule has 0 saturated carbocycles. The molecular formula is C29H49N3O3. The summed E-state index contributed by atoms with van der Waals surface area (Å²) in [6, 6.07) is 7.18. The number of ether oxygens (including phenoxy) is 1. The van der Waals surface area contributed by atoms with Crippen LogP contribution in [0.5, 0.6) is 0 Å². The molecule has 1 heterocycles. The van der Waals surface area contributed by atoms with Crippen molar-refractivity contribution in [3.8, 4) is 0 Å². The molecule has 198 valence electrons. The number of carbonyl (C=O) groups excluding carboxylic acids is 2. The van der Waals surface area contributed by atoms with E-state index in [1.807, 2.05) is 12.1 Å². The van der Waals surface area contributed by atoms with E-state index in [4.69, 9.17) is 4.74 Å². The molecule has 0 bridgehead atoms. The molecule has 6 heteroatoms. The first-order valence-corrected chi connectivity index (χ1v) is 14.2. The number of morpholine rings is 1. The molecule has 1 aliphatic heterocycles. The maximum absolute atomic E-state index is 12.6. The second-order valence-electron chi connectivity index (χ2n) is 9.81. The summed E-state index contributed by atoms with van der Waals surface area (Å²) in [5, 5.41) is 6.13. The third-order valence-corrected chi connectivity index (χ3v) is 6.68. The average molecular weight is 488 g/mol. The standard InChI is InChI=1S/C29H49N3O3/c1-2-3-4-5-6-7-8-9-10-11-12-13-14-15-19-30-25-28(33)31-27-18-16-17-26(24-27)29(34)32-20-22-35-23-21-32/h16-18,24,30H,2-15,19-23,25H2,1H3,(H,31,33). The fraction of sp³-hybridized carbons (Fsp3) is 0.724. The van der Waals surface area contributed by atoms with Gasteiger partial charge in [-0.3, -0.25) is 9.59 Å². The van der Waals surface area contributed by atoms with Crippen LogP contribution in [0.3, 0.4) is 0 Å². The Balaban J connectivity index is 1.43. The van der Waals surface area contributed by atoms with Crippen LogP contribution in [0.25, 0.3) is 0 Å². The Morgan fingerprint density at radius 3 is 2.00 bits per heavy atom. The summed E-state index contributed by atoms with van der Waals surface area (Å²) in [6.45, 7) is 5.80. The van der Waals surface area contributed by atoms with Gasteiger partial charge in [-0.1, -0.05) is 96.5 Å². The summed E-state index contributed by atoms with van der Waals surface area (Å²) >= 11 is 0. The van der Waals surface area contributed by atoms with Crippen LogP contribution in [0.4, 0.5) is 5.69 Å². The Kier molecular flexibility index (Phi) is 16.2. The van der Waals surface area contributed by atoms with Gasteiger partial charge in [-0.05, 0) is 31.2 Å². The van der Waals surface area contributed by atoms with Crippen LogP contribution in [-0.4, -0.2) is 56.1 Å². The van der Waals surface area contributed by atoms with Crippen LogP contribution in [0.15, 0.2) is 24.3 Å². The molecule has 1 fully saturated rings. The zero-order valence-corrected chi connectivity index (χ0v) is 22.1. The Morgan fingerprint density at radius 1 is 0.829 bits per heavy atom. The van der Waals surface area contributed by atoms with Gasteiger partial charge in [-0.15, -0.1) is 0 Å². The second kappa shape index (κ2) is 19.3. The van der Waals surface area contributed by atoms with Crippen molar-refractivity contribution in [2.24, 2.45) is 0 Å². The first-order chi connectivity index (χ1) is 17.2. The first kappa shape index (κ1) is 29.3. The van der Waals surface area contributed by atoms with Crippen molar-refractivity contribution in [2.75, 3.05) is 44.7 Å². The van der Waals surface area contributed by atoms with E-state index in [9.17, 15) is 9.59 Å². The summed E-state index contributed by atoms with van der Waals surface area (Å²) in [5.41, 5.74) is 1.26. The van der Waals surface area contributed by atoms with Crippen LogP contribution in [0.2, 0.25) is 0 Å². The van der Waals surface area contributed by atoms with Crippen molar-refractivity contribution < 1.29 is 14.3 Å². The number of anilines is 1. The normalized spacial score (nSPS) is 13.7. The van der Waals surface area contributed by atoms with Crippen LogP contribution in [0.1, 0.15) is 107 Å². The SMILES string of the molecule is CCCCCCCCCCCCCCCCNCC(=O)Nc1cccc(C(=O)N2CCOCC2)c1. The lowest BCUT2D eigenvalue weighted by molar-refractivity contribution is -0.115. The molecule has 0 atom stereocenters. The summed E-state index contributed by atoms with van der Waals surface area (Å²) < 4.78 is 5.31. The van der Waals surface area contributed by atoms with Gasteiger partial charge in [0.2, 0.25) is 5.91 Å². The van der Waals surface area contributed by atoms with Gasteiger partial charge in [0, 0.05) is 24.3 Å². The van der Waals surface area contributed by atoms with E-state index in [2.05, 4.69) is 17.6 Å². The zero-order chi connectivity index (χ0) is 25.0. The summed E-state index contributed by atoms with van der Waals surface area (Å²) in [5.74, 6) is -0.0911. The molecule has 2 amide bonds. The van der Waals surface area contributed by atoms with Crippen molar-refractivity contribution in [1.82, 2.24) is 10.2 Å². The molecule has 35 heavy (non-hydrogen) atoms. The van der Waals surface area contributed by atoms with E-state index in [1.165, 1.54) is 83.5 Å². The van der Waals surface area contributed by atoms with Crippen molar-refractivity contribution in [3.05, 3.63) is 29.8 Å². The van der Waals surface area contributed by atoms with E-state index >= 15 is 0 Å². The Labute approximate surface area is 213 Å². The van der Waals surface area contributed by atoms with Crippen LogP contribution in [-0.2, 0) is 9.53 Å². The first-order valence-electron chi connectivity index (χ1n) is 14.2. The van der Waals surface area contributed by atoms with E-state index in [0.29, 0.717) is 44.1 Å². The molecule has 6 nitrogen and oxygen atoms in total. The highest BCUT2D eigenvalue weighted by molar-refractivity contribution is 5.97. The molecule has 0 aromatic heterocycles. The molecule has 1 aliphatic rings. The molecule has 1 aromatic rings. The summed E-state index contributed by atoms with van der Waals surface area (Å²) in [4.78, 5) is 26.7. The minimum atomic E-state index is -0.0775. The quantitative estimate of drug-likeness (QED) is 0.229. The molecule has 1 saturated heterocycles. The van der Waals surface area contributed by atoms with Gasteiger partial charge in [0.25, 0.3) is 5.91 Å². The van der Waals surface area contributed by atoms with E-state index in [1.54, 1.807) is 17.0 Å². The average Bonchev–Trinajstić information content (AvgIpc) is 2.88. The summed E-state index contributed by atoms with van der Waals surface area (Å²) in [6.07, 6.45) is 18.9. The van der Waals surface area contributed by atoms with Crippen LogP contribution in [0, 0.1) is 0 Å². The Hall–Kier alpha value is -1.92. The van der Waals surface area contributed by atoms with Gasteiger partial charge in [0.15, 0.2) is 0 Å². The highest BCUT2D eigenvalue weighted by Crippen LogP contribution is 2.14. The fourth-order valence-electron chi connectivity index (χ4n) is 4.53. The minimum Gasteiger partial charge on any atom is -0.378 e. The lowest BCUT2D eigenvalue weighted by atomic mass is 10.0. The lowest BCUT2D eigenvalue weighted by Crippen LogP contribution is -2.40. The number of benzene rings is 1. The van der Waals surface area contributed by atoms with E-state index in [-0.39, 0.29) is 11.8 Å². The maximum Gasteiger partial charge on any atom is 0.254 e. The predicted octanol–water partition coefficient (Wildman–Crippen LogP) is 6.17. The molecule has 0 radical (unpaired) electrons. The summed E-state index contributed by atoms with van der Waals surface area (Å²) in [7, 11) is 0. The molecule has 2 N–H and O–H groups in total. The highest BCUT2D eigenvalue weighted by Gasteiger charge is 2.18. The minimum absolute atomic E-state index is 0.0136. The lowest BCUT2D eigenvalue weighted by Gasteiger charge is -2.27. The smallest absolute Gasteiger partial charge is 0.254 e. The predicted molar refractivity (Wildman–Crippen MR) is 145 cm³/mol. The monoisotopic (exact) mass is 487 g/mol. The Morgan fingerprint density at radius 2 is 1.40 bits per heavy atom. The number of hydrogen-bond acceptors (Lipinski definition) is 4. The highest BCUT2D eigenvalue weighted by atomic mass is 16.5. The maximum atomic E-state index is 12.6. The third kappa shape index (κ3) is 13.7. The molecule has 0 aliphatic carbocycles. The number of nitrogens with zero attached hydrogens (tertiary/aromatic N) is 1. The van der Waals surface area contributed by atoms with Crippen molar-refractivity contribution in [1.29, 1.82) is 0 Å². The number of unbranched alkanes of at least 4 members (excludes halogenated alkanes) is 13. The largest absolute Gasteiger partial charge is 0.378 e. The topological polar surface area (TPSA) is 70.7 Å². The fourth-order valence-corrected chi connectivity index (χ4v) is 4.53. The number of amides is 2. The van der Waals surface area contributed by atoms with E-state index < -0.39 is 0 Å². The number of rotatable bonds is 19. The molecule has 1 aromatic carbocycles. The molecular weight excluding hydrogens is 438 g/mol. The van der Waals surface area contributed by atoms with Gasteiger partial charge in [-0.25, -0.2) is 0 Å². The van der Waals surface area contributed by atoms with Crippen molar-refractivity contribution in [3.63, 3.8) is 0 Å². The second-order valence-corrected chi connectivity index (χ2v) is 9.81. The number of nitrogens with one attached hydrogen (secondary N) is 2.